The van der Waals surface area contributed by atoms with Crippen LogP contribution in [0.4, 0.5) is 0 Å². The zero-order valence-corrected chi connectivity index (χ0v) is 15.1. The van der Waals surface area contributed by atoms with Gasteiger partial charge >= 0.3 is 0 Å². The van der Waals surface area contributed by atoms with Crippen molar-refractivity contribution in [3.05, 3.63) is 41.0 Å². The highest BCUT2D eigenvalue weighted by Gasteiger charge is 2.36. The van der Waals surface area contributed by atoms with Crippen LogP contribution in [0.25, 0.3) is 22.3 Å². The number of aromatic nitrogens is 4. The molecule has 2 aliphatic carbocycles. The molecule has 2 saturated carbocycles. The quantitative estimate of drug-likeness (QED) is 0.636. The van der Waals surface area contributed by atoms with E-state index in [4.69, 9.17) is 16.7 Å². The summed E-state index contributed by atoms with van der Waals surface area (Å²) in [4.78, 5) is 0. The van der Waals surface area contributed by atoms with Crippen LogP contribution >= 0.6 is 11.6 Å². The maximum atomic E-state index is 6.75. The van der Waals surface area contributed by atoms with E-state index in [1.807, 2.05) is 37.3 Å². The summed E-state index contributed by atoms with van der Waals surface area (Å²) in [7, 11) is 0. The highest BCUT2D eigenvalue weighted by Crippen LogP contribution is 2.47. The third-order valence-electron chi connectivity index (χ3n) is 5.99. The molecule has 0 spiro atoms. The fourth-order valence-electron chi connectivity index (χ4n) is 4.85. The van der Waals surface area contributed by atoms with Gasteiger partial charge < -0.3 is 0 Å². The Hall–Kier alpha value is -1.94. The summed E-state index contributed by atoms with van der Waals surface area (Å²) in [6.45, 7) is 2.03. The number of hydrogen-bond acceptors (Lipinski definition) is 3. The van der Waals surface area contributed by atoms with Crippen molar-refractivity contribution >= 4 is 22.6 Å². The lowest BCUT2D eigenvalue weighted by Gasteiger charge is -2.28. The molecule has 2 aliphatic rings. The first-order chi connectivity index (χ1) is 12.2. The molecular formula is C20H21ClN4. The largest absolute Gasteiger partial charge is 0.242 e. The van der Waals surface area contributed by atoms with Gasteiger partial charge in [-0.15, -0.1) is 10.2 Å². The Bertz CT molecular complexity index is 922. The van der Waals surface area contributed by atoms with Gasteiger partial charge in [-0.3, -0.25) is 0 Å². The second-order valence-corrected chi connectivity index (χ2v) is 8.01. The predicted molar refractivity (Wildman–Crippen MR) is 99.6 cm³/mol. The van der Waals surface area contributed by atoms with Crippen LogP contribution in [0, 0.1) is 18.8 Å². The van der Waals surface area contributed by atoms with E-state index in [1.165, 1.54) is 32.1 Å². The first-order valence-corrected chi connectivity index (χ1v) is 9.55. The van der Waals surface area contributed by atoms with Crippen molar-refractivity contribution in [3.8, 4) is 11.3 Å². The number of fused-ring (bicyclic) bond motifs is 3. The minimum Gasteiger partial charge on any atom is -0.242 e. The lowest BCUT2D eigenvalue weighted by Crippen LogP contribution is -2.21. The fourth-order valence-corrected chi connectivity index (χ4v) is 5.22. The summed E-state index contributed by atoms with van der Waals surface area (Å²) in [6.07, 6.45) is 6.59. The SMILES string of the molecule is Cc1nn(C2C[C@H]3CC[C@@H](C2)C3)c2nnc(-c3ccccc3)c(Cl)c12. The van der Waals surface area contributed by atoms with E-state index in [1.54, 1.807) is 0 Å². The minimum atomic E-state index is 0.440. The van der Waals surface area contributed by atoms with Gasteiger partial charge in [0, 0.05) is 5.56 Å². The third kappa shape index (κ3) is 2.46. The van der Waals surface area contributed by atoms with Crippen molar-refractivity contribution in [1.82, 2.24) is 20.0 Å². The first-order valence-electron chi connectivity index (χ1n) is 9.17. The number of rotatable bonds is 2. The average molecular weight is 353 g/mol. The van der Waals surface area contributed by atoms with E-state index in [9.17, 15) is 0 Å². The molecule has 3 atom stereocenters. The Balaban J connectivity index is 1.62. The molecule has 0 amide bonds. The molecule has 0 aliphatic heterocycles. The zero-order valence-electron chi connectivity index (χ0n) is 14.3. The van der Waals surface area contributed by atoms with Crippen LogP contribution in [-0.2, 0) is 0 Å². The van der Waals surface area contributed by atoms with Crippen molar-refractivity contribution in [2.45, 2.75) is 45.1 Å². The summed E-state index contributed by atoms with van der Waals surface area (Å²) in [5.41, 5.74) is 3.52. The summed E-state index contributed by atoms with van der Waals surface area (Å²) < 4.78 is 2.11. The van der Waals surface area contributed by atoms with Gasteiger partial charge in [0.05, 0.1) is 22.1 Å². The summed E-state index contributed by atoms with van der Waals surface area (Å²) in [5.74, 6) is 1.71. The number of aryl methyl sites for hydroxylation is 1. The molecule has 4 nitrogen and oxygen atoms in total. The standard InChI is InChI=1S/C20H21ClN4/c1-12-17-18(21)19(15-5-3-2-4-6-15)22-23-20(17)25(24-12)16-10-13-7-8-14(9-13)11-16/h2-6,13-14,16H,7-11H2,1H3/t13-,14+,16?. The van der Waals surface area contributed by atoms with Crippen LogP contribution in [0.15, 0.2) is 30.3 Å². The normalized spacial score (nSPS) is 25.6. The molecule has 128 valence electrons. The van der Waals surface area contributed by atoms with Crippen molar-refractivity contribution < 1.29 is 0 Å². The zero-order chi connectivity index (χ0) is 17.0. The molecule has 1 aromatic carbocycles. The highest BCUT2D eigenvalue weighted by atomic mass is 35.5. The van der Waals surface area contributed by atoms with E-state index in [0.29, 0.717) is 11.1 Å². The number of benzene rings is 1. The second kappa shape index (κ2) is 5.80. The molecule has 2 bridgehead atoms. The Morgan fingerprint density at radius 1 is 1.00 bits per heavy atom. The van der Waals surface area contributed by atoms with Gasteiger partial charge in [0.15, 0.2) is 5.65 Å². The lowest BCUT2D eigenvalue weighted by atomic mass is 9.85. The predicted octanol–water partition coefficient (Wildman–Crippen LogP) is 5.21. The molecule has 25 heavy (non-hydrogen) atoms. The van der Waals surface area contributed by atoms with Crippen molar-refractivity contribution in [3.63, 3.8) is 0 Å². The van der Waals surface area contributed by atoms with Gasteiger partial charge in [-0.1, -0.05) is 54.8 Å². The molecule has 5 heteroatoms. The van der Waals surface area contributed by atoms with Crippen LogP contribution in [0.1, 0.15) is 43.8 Å². The Labute approximate surface area is 152 Å². The molecule has 2 heterocycles. The van der Waals surface area contributed by atoms with E-state index in [0.717, 1.165) is 39.8 Å². The van der Waals surface area contributed by atoms with E-state index >= 15 is 0 Å². The van der Waals surface area contributed by atoms with Gasteiger partial charge in [-0.2, -0.15) is 5.10 Å². The van der Waals surface area contributed by atoms with Gasteiger partial charge in [0.25, 0.3) is 0 Å². The third-order valence-corrected chi connectivity index (χ3v) is 6.35. The van der Waals surface area contributed by atoms with Crippen LogP contribution < -0.4 is 0 Å². The van der Waals surface area contributed by atoms with Gasteiger partial charge in [-0.25, -0.2) is 4.68 Å². The molecule has 2 fully saturated rings. The highest BCUT2D eigenvalue weighted by molar-refractivity contribution is 6.37. The number of hydrogen-bond donors (Lipinski definition) is 0. The Morgan fingerprint density at radius 2 is 1.72 bits per heavy atom. The molecule has 3 aromatic rings. The number of halogens is 1. The van der Waals surface area contributed by atoms with Gasteiger partial charge in [0.2, 0.25) is 0 Å². The molecule has 0 radical (unpaired) electrons. The molecular weight excluding hydrogens is 332 g/mol. The maximum Gasteiger partial charge on any atom is 0.182 e. The number of nitrogens with zero attached hydrogens (tertiary/aromatic N) is 4. The van der Waals surface area contributed by atoms with Gasteiger partial charge in [0.1, 0.15) is 5.69 Å². The molecule has 0 saturated heterocycles. The van der Waals surface area contributed by atoms with Crippen LogP contribution in [0.3, 0.4) is 0 Å². The summed E-state index contributed by atoms with van der Waals surface area (Å²) in [6, 6.07) is 10.4. The van der Waals surface area contributed by atoms with Crippen LogP contribution in [-0.4, -0.2) is 20.0 Å². The van der Waals surface area contributed by atoms with Crippen LogP contribution in [0.2, 0.25) is 5.02 Å². The second-order valence-electron chi connectivity index (χ2n) is 7.63. The summed E-state index contributed by atoms with van der Waals surface area (Å²) >= 11 is 6.75. The first kappa shape index (κ1) is 15.3. The lowest BCUT2D eigenvalue weighted by molar-refractivity contribution is 0.250. The van der Waals surface area contributed by atoms with Gasteiger partial charge in [-0.05, 0) is 38.0 Å². The average Bonchev–Trinajstić information content (AvgIpc) is 3.15. The molecule has 2 aromatic heterocycles. The van der Waals surface area contributed by atoms with Crippen molar-refractivity contribution in [2.24, 2.45) is 11.8 Å². The molecule has 5 rings (SSSR count). The summed E-state index contributed by atoms with van der Waals surface area (Å²) in [5, 5.41) is 15.5. The van der Waals surface area contributed by atoms with Crippen LogP contribution in [0.5, 0.6) is 0 Å². The van der Waals surface area contributed by atoms with Crippen molar-refractivity contribution in [2.75, 3.05) is 0 Å². The van der Waals surface area contributed by atoms with E-state index in [-0.39, 0.29) is 0 Å². The smallest absolute Gasteiger partial charge is 0.182 e. The Kier molecular flexibility index (Phi) is 3.56. The monoisotopic (exact) mass is 352 g/mol. The minimum absolute atomic E-state index is 0.440. The molecule has 0 N–H and O–H groups in total. The van der Waals surface area contributed by atoms with E-state index in [2.05, 4.69) is 14.9 Å². The topological polar surface area (TPSA) is 43.6 Å². The maximum absolute atomic E-state index is 6.75. The van der Waals surface area contributed by atoms with E-state index < -0.39 is 0 Å². The van der Waals surface area contributed by atoms with Crippen molar-refractivity contribution in [1.29, 1.82) is 0 Å². The Morgan fingerprint density at radius 3 is 2.44 bits per heavy atom. The molecule has 1 unspecified atom stereocenters. The fraction of sp³-hybridized carbons (Fsp3) is 0.450.